The summed E-state index contributed by atoms with van der Waals surface area (Å²) in [7, 11) is 4.73. The van der Waals surface area contributed by atoms with Crippen LogP contribution in [0.4, 0.5) is 5.69 Å². The number of guanidine groups is 1. The van der Waals surface area contributed by atoms with Crippen LogP contribution in [-0.2, 0) is 14.3 Å². The Morgan fingerprint density at radius 1 is 0.944 bits per heavy atom. The maximum absolute atomic E-state index is 13.2. The van der Waals surface area contributed by atoms with Gasteiger partial charge in [-0.1, -0.05) is 6.07 Å². The molecule has 2 aliphatic heterocycles. The topological polar surface area (TPSA) is 102 Å². The van der Waals surface area contributed by atoms with E-state index in [-0.39, 0.29) is 6.61 Å². The fourth-order valence-corrected chi connectivity index (χ4v) is 4.47. The quantitative estimate of drug-likeness (QED) is 0.460. The first-order valence-corrected chi connectivity index (χ1v) is 11.9. The van der Waals surface area contributed by atoms with Gasteiger partial charge >= 0.3 is 5.97 Å². The van der Waals surface area contributed by atoms with Crippen molar-refractivity contribution in [3.05, 3.63) is 48.0 Å². The lowest BCUT2D eigenvalue weighted by Gasteiger charge is -2.39. The maximum atomic E-state index is 13.2. The Morgan fingerprint density at radius 3 is 2.22 bits per heavy atom. The van der Waals surface area contributed by atoms with Crippen LogP contribution >= 0.6 is 0 Å². The molecule has 2 aromatic carbocycles. The smallest absolute Gasteiger partial charge is 0.321 e. The largest absolute Gasteiger partial charge is 0.497 e. The zero-order valence-corrected chi connectivity index (χ0v) is 21.0. The highest BCUT2D eigenvalue weighted by Gasteiger charge is 2.42. The van der Waals surface area contributed by atoms with E-state index in [1.54, 1.807) is 39.3 Å². The summed E-state index contributed by atoms with van der Waals surface area (Å²) in [4.78, 5) is 35.1. The van der Waals surface area contributed by atoms with E-state index >= 15 is 0 Å². The van der Waals surface area contributed by atoms with Crippen molar-refractivity contribution >= 4 is 23.5 Å². The summed E-state index contributed by atoms with van der Waals surface area (Å²) in [6.45, 7) is 4.71. The zero-order valence-electron chi connectivity index (χ0n) is 21.0. The molecule has 1 N–H and O–H groups in total. The number of carbonyl (C=O) groups excluding carboxylic acids is 2. The molecule has 2 atom stereocenters. The van der Waals surface area contributed by atoms with E-state index in [0.29, 0.717) is 36.1 Å². The number of anilines is 1. The Morgan fingerprint density at radius 2 is 1.61 bits per heavy atom. The molecule has 1 saturated heterocycles. The molecule has 192 valence electrons. The number of esters is 1. The Kier molecular flexibility index (Phi) is 7.82. The number of carbonyl (C=O) groups is 2. The van der Waals surface area contributed by atoms with Gasteiger partial charge in [-0.3, -0.25) is 14.9 Å². The number of benzene rings is 2. The lowest BCUT2D eigenvalue weighted by atomic mass is 9.91. The van der Waals surface area contributed by atoms with Crippen LogP contribution < -0.4 is 24.4 Å². The average Bonchev–Trinajstić information content (AvgIpc) is 2.92. The molecule has 1 fully saturated rings. The maximum Gasteiger partial charge on any atom is 0.321 e. The minimum Gasteiger partial charge on any atom is -0.497 e. The first-order valence-electron chi connectivity index (χ1n) is 11.9. The minimum atomic E-state index is -1.10. The van der Waals surface area contributed by atoms with Crippen LogP contribution in [0.1, 0.15) is 18.5 Å². The van der Waals surface area contributed by atoms with Gasteiger partial charge in [0.25, 0.3) is 0 Å². The molecular formula is C26H32N4O6. The van der Waals surface area contributed by atoms with Gasteiger partial charge in [0.2, 0.25) is 11.9 Å². The second-order valence-electron chi connectivity index (χ2n) is 8.40. The Balaban J connectivity index is 1.58. The number of ether oxygens (including phenoxy) is 4. The summed E-state index contributed by atoms with van der Waals surface area (Å²) in [5, 5.41) is 2.84. The Bertz CT molecular complexity index is 1110. The van der Waals surface area contributed by atoms with Crippen molar-refractivity contribution in [1.82, 2.24) is 10.2 Å². The third-order valence-corrected chi connectivity index (χ3v) is 6.40. The molecule has 2 aliphatic rings. The van der Waals surface area contributed by atoms with Gasteiger partial charge < -0.3 is 28.7 Å². The van der Waals surface area contributed by atoms with Gasteiger partial charge in [0.05, 0.1) is 27.9 Å². The second kappa shape index (κ2) is 11.2. The number of rotatable bonds is 7. The lowest BCUT2D eigenvalue weighted by Crippen LogP contribution is -2.57. The van der Waals surface area contributed by atoms with Crippen molar-refractivity contribution in [2.45, 2.75) is 13.0 Å². The molecule has 0 aromatic heterocycles. The molecule has 2 unspecified atom stereocenters. The first kappa shape index (κ1) is 25.2. The van der Waals surface area contributed by atoms with E-state index in [1.807, 2.05) is 29.2 Å². The zero-order chi connectivity index (χ0) is 25.7. The van der Waals surface area contributed by atoms with Gasteiger partial charge in [-0.15, -0.1) is 0 Å². The van der Waals surface area contributed by atoms with Crippen LogP contribution in [0.15, 0.2) is 47.5 Å². The van der Waals surface area contributed by atoms with Crippen LogP contribution in [-0.4, -0.2) is 76.9 Å². The van der Waals surface area contributed by atoms with E-state index in [2.05, 4.69) is 10.2 Å². The SMILES string of the molecule is CCOC(=O)C1C(=O)NC(N2CCN(c3ccc(OC)cc3)CC2)=NC1c1ccc(OC)c(OC)c1. The third-order valence-electron chi connectivity index (χ3n) is 6.40. The van der Waals surface area contributed by atoms with Crippen molar-refractivity contribution in [2.75, 3.05) is 59.0 Å². The number of amides is 1. The van der Waals surface area contributed by atoms with Crippen molar-refractivity contribution in [2.24, 2.45) is 10.9 Å². The van der Waals surface area contributed by atoms with Crippen LogP contribution in [0.5, 0.6) is 17.2 Å². The molecule has 2 aromatic rings. The lowest BCUT2D eigenvalue weighted by molar-refractivity contribution is -0.153. The van der Waals surface area contributed by atoms with E-state index < -0.39 is 23.8 Å². The molecule has 0 spiro atoms. The molecule has 10 nitrogen and oxygen atoms in total. The summed E-state index contributed by atoms with van der Waals surface area (Å²) in [5.41, 5.74) is 1.77. The number of piperazine rings is 1. The van der Waals surface area contributed by atoms with E-state index in [1.165, 1.54) is 7.11 Å². The third kappa shape index (κ3) is 5.17. The van der Waals surface area contributed by atoms with Gasteiger partial charge in [-0.05, 0) is 48.9 Å². The van der Waals surface area contributed by atoms with Crippen molar-refractivity contribution in [1.29, 1.82) is 0 Å². The first-order chi connectivity index (χ1) is 17.5. The fraction of sp³-hybridized carbons (Fsp3) is 0.423. The standard InChI is InChI=1S/C26H32N4O6/c1-5-36-25(32)22-23(17-6-11-20(34-3)21(16-17)35-4)27-26(28-24(22)31)30-14-12-29(13-15-30)18-7-9-19(33-2)10-8-18/h6-11,16,22-23H,5,12-15H2,1-4H3,(H,27,28,31). The van der Waals surface area contributed by atoms with Gasteiger partial charge in [-0.25, -0.2) is 4.99 Å². The van der Waals surface area contributed by atoms with E-state index in [4.69, 9.17) is 23.9 Å². The summed E-state index contributed by atoms with van der Waals surface area (Å²) in [6.07, 6.45) is 0. The molecule has 0 radical (unpaired) electrons. The summed E-state index contributed by atoms with van der Waals surface area (Å²) in [5.74, 6) is 0.162. The second-order valence-corrected chi connectivity index (χ2v) is 8.40. The van der Waals surface area contributed by atoms with Crippen molar-refractivity contribution in [3.8, 4) is 17.2 Å². The van der Waals surface area contributed by atoms with Crippen molar-refractivity contribution < 1.29 is 28.5 Å². The van der Waals surface area contributed by atoms with E-state index in [9.17, 15) is 9.59 Å². The van der Waals surface area contributed by atoms with Gasteiger partial charge in [0.15, 0.2) is 17.4 Å². The Labute approximate surface area is 210 Å². The highest BCUT2D eigenvalue weighted by molar-refractivity contribution is 6.08. The van der Waals surface area contributed by atoms with Crippen LogP contribution in [0, 0.1) is 5.92 Å². The average molecular weight is 497 g/mol. The highest BCUT2D eigenvalue weighted by Crippen LogP contribution is 2.36. The van der Waals surface area contributed by atoms with Crippen LogP contribution in [0.25, 0.3) is 0 Å². The number of nitrogens with one attached hydrogen (secondary N) is 1. The molecule has 4 rings (SSSR count). The molecule has 0 saturated carbocycles. The molecule has 10 heteroatoms. The predicted octanol–water partition coefficient (Wildman–Crippen LogP) is 2.24. The van der Waals surface area contributed by atoms with Gasteiger partial charge in [-0.2, -0.15) is 0 Å². The molecule has 0 bridgehead atoms. The van der Waals surface area contributed by atoms with Crippen LogP contribution in [0.2, 0.25) is 0 Å². The predicted molar refractivity (Wildman–Crippen MR) is 135 cm³/mol. The summed E-state index contributed by atoms with van der Waals surface area (Å²) in [6, 6.07) is 12.5. The number of hydrogen-bond acceptors (Lipinski definition) is 9. The monoisotopic (exact) mass is 496 g/mol. The van der Waals surface area contributed by atoms with Gasteiger partial charge in [0.1, 0.15) is 11.8 Å². The summed E-state index contributed by atoms with van der Waals surface area (Å²) < 4.78 is 21.2. The number of methoxy groups -OCH3 is 3. The molecule has 2 heterocycles. The molecular weight excluding hydrogens is 464 g/mol. The highest BCUT2D eigenvalue weighted by atomic mass is 16.5. The van der Waals surface area contributed by atoms with Crippen molar-refractivity contribution in [3.63, 3.8) is 0 Å². The van der Waals surface area contributed by atoms with Crippen LogP contribution in [0.3, 0.4) is 0 Å². The van der Waals surface area contributed by atoms with Gasteiger partial charge in [0, 0.05) is 31.9 Å². The number of hydrogen-bond donors (Lipinski definition) is 1. The normalized spacial score (nSPS) is 19.8. The summed E-state index contributed by atoms with van der Waals surface area (Å²) >= 11 is 0. The molecule has 36 heavy (non-hydrogen) atoms. The number of aliphatic imine (C=N–C) groups is 1. The molecule has 0 aliphatic carbocycles. The van der Waals surface area contributed by atoms with E-state index in [0.717, 1.165) is 24.5 Å². The number of nitrogens with zero attached hydrogens (tertiary/aromatic N) is 3. The minimum absolute atomic E-state index is 0.172. The fourth-order valence-electron chi connectivity index (χ4n) is 4.47. The molecule has 1 amide bonds. The Hall–Kier alpha value is -3.95.